The molecule has 4 heteroatoms. The van der Waals surface area contributed by atoms with E-state index >= 15 is 0 Å². The summed E-state index contributed by atoms with van der Waals surface area (Å²) in [5.74, 6) is -0.616. The van der Waals surface area contributed by atoms with Crippen molar-refractivity contribution in [1.82, 2.24) is 0 Å². The van der Waals surface area contributed by atoms with E-state index in [4.69, 9.17) is 4.74 Å². The smallest absolute Gasteiger partial charge is 0.172 e. The molecule has 1 unspecified atom stereocenters. The zero-order valence-electron chi connectivity index (χ0n) is 16.5. The lowest BCUT2D eigenvalue weighted by molar-refractivity contribution is -0.135. The molecule has 0 aromatic heterocycles. The summed E-state index contributed by atoms with van der Waals surface area (Å²) in [6.45, 7) is 1.57. The van der Waals surface area contributed by atoms with E-state index in [2.05, 4.69) is 42.5 Å². The Morgan fingerprint density at radius 2 is 1.17 bits per heavy atom. The molecule has 0 radical (unpaired) electrons. The summed E-state index contributed by atoms with van der Waals surface area (Å²) in [6, 6.07) is 30.2. The first-order chi connectivity index (χ1) is 14.1. The molecule has 0 aliphatic rings. The number of carbonyl (C=O) groups is 2. The van der Waals surface area contributed by atoms with Gasteiger partial charge in [0.25, 0.3) is 0 Å². The van der Waals surface area contributed by atoms with Crippen molar-refractivity contribution in [3.05, 3.63) is 103 Å². The van der Waals surface area contributed by atoms with Crippen molar-refractivity contribution in [3.8, 4) is 0 Å². The van der Waals surface area contributed by atoms with Gasteiger partial charge in [-0.1, -0.05) is 54.6 Å². The highest BCUT2D eigenvalue weighted by Gasteiger charge is 2.52. The second-order valence-electron chi connectivity index (χ2n) is 6.59. The maximum absolute atomic E-state index is 13.0. The van der Waals surface area contributed by atoms with E-state index < -0.39 is 18.9 Å². The summed E-state index contributed by atoms with van der Waals surface area (Å²) < 4.78 is 4.73. The topological polar surface area (TPSA) is 43.4 Å². The van der Waals surface area contributed by atoms with Gasteiger partial charge in [-0.15, -0.1) is 0 Å². The van der Waals surface area contributed by atoms with Crippen molar-refractivity contribution in [1.29, 1.82) is 0 Å². The number of benzene rings is 3. The molecule has 146 valence electrons. The zero-order chi connectivity index (χ0) is 20.7. The number of hydrogen-bond donors (Lipinski definition) is 0. The third-order valence-electron chi connectivity index (χ3n) is 4.87. The van der Waals surface area contributed by atoms with Crippen LogP contribution in [0.1, 0.15) is 6.92 Å². The standard InChI is InChI=1S/C25H23O3P/c1-20(26)24(18-19-25(27)28-2)29(21-12-6-3-7-13-21,22-14-8-4-9-15-22)23-16-10-5-11-17-23/h3-18,24H,1-2H3. The van der Waals surface area contributed by atoms with E-state index in [-0.39, 0.29) is 5.78 Å². The van der Waals surface area contributed by atoms with Gasteiger partial charge >= 0.3 is 0 Å². The van der Waals surface area contributed by atoms with Crippen LogP contribution in [0.2, 0.25) is 0 Å². The fourth-order valence-electron chi connectivity index (χ4n) is 3.63. The molecule has 0 aliphatic carbocycles. The lowest BCUT2D eigenvalue weighted by atomic mass is 10.3. The van der Waals surface area contributed by atoms with E-state index in [0.29, 0.717) is 0 Å². The predicted octanol–water partition coefficient (Wildman–Crippen LogP) is 3.47. The lowest BCUT2D eigenvalue weighted by Crippen LogP contribution is -2.41. The van der Waals surface area contributed by atoms with Gasteiger partial charge in [-0.05, 0) is 43.3 Å². The molecule has 3 rings (SSSR count). The Morgan fingerprint density at radius 1 is 0.793 bits per heavy atom. The van der Waals surface area contributed by atoms with Crippen molar-refractivity contribution in [2.24, 2.45) is 0 Å². The van der Waals surface area contributed by atoms with E-state index in [1.807, 2.05) is 54.6 Å². The van der Waals surface area contributed by atoms with Gasteiger partial charge in [0.1, 0.15) is 34.8 Å². The van der Waals surface area contributed by atoms with Crippen LogP contribution in [0, 0.1) is 6.08 Å². The Morgan fingerprint density at radius 3 is 1.48 bits per heavy atom. The fraction of sp³-hybridized carbons (Fsp3) is 0.120. The molecule has 0 aliphatic heterocycles. The first-order valence-electron chi connectivity index (χ1n) is 9.34. The van der Waals surface area contributed by atoms with Crippen molar-refractivity contribution in [2.75, 3.05) is 7.11 Å². The number of rotatable bonds is 7. The summed E-state index contributed by atoms with van der Waals surface area (Å²) in [7, 11) is -1.16. The molecule has 0 fully saturated rings. The second kappa shape index (κ2) is 9.45. The van der Waals surface area contributed by atoms with E-state index in [9.17, 15) is 9.59 Å². The number of ether oxygens (including phenoxy) is 1. The van der Waals surface area contributed by atoms with E-state index in [0.717, 1.165) is 15.9 Å². The Labute approximate surface area is 172 Å². The first-order valence-corrected chi connectivity index (χ1v) is 11.2. The maximum Gasteiger partial charge on any atom is 0.172 e. The van der Waals surface area contributed by atoms with Crippen LogP contribution in [-0.2, 0) is 14.3 Å². The summed E-state index contributed by atoms with van der Waals surface area (Å²) in [5, 5.41) is 3.21. The van der Waals surface area contributed by atoms with E-state index in [1.165, 1.54) is 7.11 Å². The lowest BCUT2D eigenvalue weighted by Gasteiger charge is -2.33. The summed E-state index contributed by atoms with van der Waals surface area (Å²) in [5.41, 5.74) is -0.547. The molecule has 3 aromatic carbocycles. The van der Waals surface area contributed by atoms with Crippen LogP contribution in [-0.4, -0.2) is 24.5 Å². The largest absolute Gasteiger partial charge is 0.493 e. The normalized spacial score (nSPS) is 12.5. The molecule has 0 saturated carbocycles. The first kappa shape index (κ1) is 20.7. The molecule has 0 heterocycles. The summed E-state index contributed by atoms with van der Waals surface area (Å²) >= 11 is 0. The van der Waals surface area contributed by atoms with Gasteiger partial charge in [0.15, 0.2) is 5.78 Å². The number of carbonyl (C=O) groups excluding carboxylic acids is 2. The zero-order valence-corrected chi connectivity index (χ0v) is 17.4. The Hall–Kier alpha value is -3.03. The molecule has 0 spiro atoms. The fourth-order valence-corrected chi connectivity index (χ4v) is 8.25. The van der Waals surface area contributed by atoms with Crippen LogP contribution in [0.3, 0.4) is 0 Å². The van der Waals surface area contributed by atoms with Crippen LogP contribution >= 0.6 is 7.26 Å². The van der Waals surface area contributed by atoms with Crippen molar-refractivity contribution >= 4 is 34.9 Å². The van der Waals surface area contributed by atoms with Crippen molar-refractivity contribution < 1.29 is 14.3 Å². The number of ketones is 1. The molecule has 0 N–H and O–H groups in total. The molecule has 1 atom stereocenters. The Bertz CT molecular complexity index is 886. The molecule has 0 saturated heterocycles. The van der Waals surface area contributed by atoms with Gasteiger partial charge in [0.05, 0.1) is 7.11 Å². The van der Waals surface area contributed by atoms with Crippen LogP contribution in [0.15, 0.2) is 97.1 Å². The molecular weight excluding hydrogens is 379 g/mol. The number of Topliss-reactive ketones (excluding diaryl/α,β-unsaturated/α-hetero) is 1. The number of hydrogen-bond acceptors (Lipinski definition) is 3. The Kier molecular flexibility index (Phi) is 6.74. The highest BCUT2D eigenvalue weighted by atomic mass is 31.2. The quantitative estimate of drug-likeness (QED) is 0.263. The van der Waals surface area contributed by atoms with Crippen LogP contribution < -0.4 is 15.9 Å². The average molecular weight is 402 g/mol. The minimum atomic E-state index is -2.46. The molecule has 0 bridgehead atoms. The predicted molar refractivity (Wildman–Crippen MR) is 119 cm³/mol. The minimum absolute atomic E-state index is 0.0219. The number of allylic oxidation sites excluding steroid dienone is 1. The molecule has 3 nitrogen and oxygen atoms in total. The SMILES string of the molecule is COC(=O)[C-]=CC(C(C)=O)[P+](c1ccccc1)(c1ccccc1)c1ccccc1. The Balaban J connectivity index is 2.39. The van der Waals surface area contributed by atoms with Gasteiger partial charge in [0.2, 0.25) is 0 Å². The molecule has 0 amide bonds. The van der Waals surface area contributed by atoms with E-state index in [1.54, 1.807) is 13.0 Å². The average Bonchev–Trinajstić information content (AvgIpc) is 2.78. The van der Waals surface area contributed by atoms with Gasteiger partial charge in [0, 0.05) is 0 Å². The van der Waals surface area contributed by atoms with Gasteiger partial charge in [-0.25, -0.2) is 6.08 Å². The van der Waals surface area contributed by atoms with Gasteiger partial charge in [-0.3, -0.25) is 9.59 Å². The monoisotopic (exact) mass is 402 g/mol. The van der Waals surface area contributed by atoms with Crippen LogP contribution in [0.25, 0.3) is 0 Å². The number of esters is 1. The van der Waals surface area contributed by atoms with Crippen LogP contribution in [0.5, 0.6) is 0 Å². The van der Waals surface area contributed by atoms with Crippen molar-refractivity contribution in [3.63, 3.8) is 0 Å². The third kappa shape index (κ3) is 4.21. The summed E-state index contributed by atoms with van der Waals surface area (Å²) in [4.78, 5) is 24.8. The highest BCUT2D eigenvalue weighted by molar-refractivity contribution is 7.97. The van der Waals surface area contributed by atoms with Gasteiger partial charge in [-0.2, -0.15) is 0 Å². The summed E-state index contributed by atoms with van der Waals surface area (Å²) in [6.07, 6.45) is 4.24. The molecule has 3 aromatic rings. The second-order valence-corrected chi connectivity index (χ2v) is 10.1. The molecular formula is C25H23O3P. The molecule has 29 heavy (non-hydrogen) atoms. The van der Waals surface area contributed by atoms with Gasteiger partial charge < -0.3 is 10.8 Å². The van der Waals surface area contributed by atoms with Crippen LogP contribution in [0.4, 0.5) is 0 Å². The third-order valence-corrected chi connectivity index (χ3v) is 9.55. The van der Waals surface area contributed by atoms with Crippen molar-refractivity contribution in [2.45, 2.75) is 12.6 Å². The maximum atomic E-state index is 13.0. The highest BCUT2D eigenvalue weighted by Crippen LogP contribution is 2.60. The number of methoxy groups -OCH3 is 1. The minimum Gasteiger partial charge on any atom is -0.493 e.